The van der Waals surface area contributed by atoms with Crippen molar-refractivity contribution in [2.75, 3.05) is 18.3 Å². The zero-order valence-electron chi connectivity index (χ0n) is 15.8. The van der Waals surface area contributed by atoms with Gasteiger partial charge in [-0.3, -0.25) is 9.63 Å². The molecule has 142 valence electrons. The highest BCUT2D eigenvalue weighted by atomic mass is 16.7. The first-order chi connectivity index (χ1) is 13.8. The highest BCUT2D eigenvalue weighted by molar-refractivity contribution is 5.75. The van der Waals surface area contributed by atoms with E-state index in [9.17, 15) is 4.79 Å². The molecule has 2 unspecified atom stereocenters. The van der Waals surface area contributed by atoms with Crippen molar-refractivity contribution in [3.05, 3.63) is 90.5 Å². The second-order valence-electron chi connectivity index (χ2n) is 6.75. The molecule has 0 spiro atoms. The molecule has 1 saturated heterocycles. The molecule has 3 aromatic carbocycles. The van der Waals surface area contributed by atoms with Gasteiger partial charge in [0.15, 0.2) is 0 Å². The molecule has 0 saturated carbocycles. The molecule has 4 rings (SSSR count). The van der Waals surface area contributed by atoms with Crippen LogP contribution in [-0.4, -0.2) is 19.2 Å². The minimum absolute atomic E-state index is 0.224. The van der Waals surface area contributed by atoms with E-state index in [1.54, 1.807) is 0 Å². The molecule has 2 atom stereocenters. The van der Waals surface area contributed by atoms with Gasteiger partial charge in [0.25, 0.3) is 0 Å². The Bertz CT molecular complexity index is 910. The van der Waals surface area contributed by atoms with Crippen molar-refractivity contribution >= 4 is 11.7 Å². The Kier molecular flexibility index (Phi) is 5.40. The number of rotatable bonds is 5. The van der Waals surface area contributed by atoms with Crippen LogP contribution in [0.25, 0.3) is 11.1 Å². The van der Waals surface area contributed by atoms with E-state index in [0.717, 1.165) is 16.8 Å². The van der Waals surface area contributed by atoms with Crippen molar-refractivity contribution < 1.29 is 14.4 Å². The zero-order valence-corrected chi connectivity index (χ0v) is 15.8. The molecule has 28 heavy (non-hydrogen) atoms. The minimum Gasteiger partial charge on any atom is -0.466 e. The van der Waals surface area contributed by atoms with Crippen LogP contribution in [0.15, 0.2) is 84.9 Å². The largest absolute Gasteiger partial charge is 0.466 e. The average molecular weight is 373 g/mol. The van der Waals surface area contributed by atoms with E-state index < -0.39 is 0 Å². The summed E-state index contributed by atoms with van der Waals surface area (Å²) in [5.41, 5.74) is 4.26. The van der Waals surface area contributed by atoms with Gasteiger partial charge in [0.2, 0.25) is 0 Å². The number of benzene rings is 3. The van der Waals surface area contributed by atoms with Gasteiger partial charge in [-0.05, 0) is 35.7 Å². The summed E-state index contributed by atoms with van der Waals surface area (Å²) in [5, 5.41) is 1.83. The molecule has 1 aliphatic rings. The molecular weight excluding hydrogens is 350 g/mol. The van der Waals surface area contributed by atoms with E-state index in [2.05, 4.69) is 36.4 Å². The van der Waals surface area contributed by atoms with Crippen LogP contribution >= 0.6 is 0 Å². The predicted octanol–water partition coefficient (Wildman–Crippen LogP) is 5.03. The monoisotopic (exact) mass is 373 g/mol. The maximum atomic E-state index is 12.6. The van der Waals surface area contributed by atoms with Crippen molar-refractivity contribution in [2.45, 2.75) is 13.0 Å². The van der Waals surface area contributed by atoms with Crippen LogP contribution < -0.4 is 5.06 Å². The number of ether oxygens (including phenoxy) is 1. The summed E-state index contributed by atoms with van der Waals surface area (Å²) in [6.45, 7) is 2.49. The molecule has 4 heteroatoms. The van der Waals surface area contributed by atoms with Gasteiger partial charge in [0.1, 0.15) is 5.92 Å². The smallest absolute Gasteiger partial charge is 0.313 e. The molecule has 0 bridgehead atoms. The van der Waals surface area contributed by atoms with Crippen molar-refractivity contribution in [3.63, 3.8) is 0 Å². The SMILES string of the molecule is CCOC(=O)C1CON(c2ccccc2)C1c1ccc(-c2ccccc2)cc1. The normalized spacial score (nSPS) is 18.8. The summed E-state index contributed by atoms with van der Waals surface area (Å²) in [5.74, 6) is -0.596. The second-order valence-corrected chi connectivity index (χ2v) is 6.75. The topological polar surface area (TPSA) is 38.8 Å². The van der Waals surface area contributed by atoms with Gasteiger partial charge < -0.3 is 4.74 Å². The van der Waals surface area contributed by atoms with Crippen LogP contribution in [0, 0.1) is 5.92 Å². The molecule has 4 nitrogen and oxygen atoms in total. The van der Waals surface area contributed by atoms with Crippen LogP contribution in [0.5, 0.6) is 0 Å². The minimum atomic E-state index is -0.372. The zero-order chi connectivity index (χ0) is 19.3. The number of esters is 1. The molecule has 1 aliphatic heterocycles. The third-order valence-corrected chi connectivity index (χ3v) is 4.99. The van der Waals surface area contributed by atoms with Gasteiger partial charge in [0, 0.05) is 0 Å². The predicted molar refractivity (Wildman–Crippen MR) is 110 cm³/mol. The summed E-state index contributed by atoms with van der Waals surface area (Å²) < 4.78 is 5.31. The Morgan fingerprint density at radius 3 is 2.18 bits per heavy atom. The molecular formula is C24H23NO3. The van der Waals surface area contributed by atoms with E-state index in [1.807, 2.05) is 60.5 Å². The van der Waals surface area contributed by atoms with Gasteiger partial charge >= 0.3 is 5.97 Å². The van der Waals surface area contributed by atoms with Gasteiger partial charge in [-0.25, -0.2) is 5.06 Å². The molecule has 0 N–H and O–H groups in total. The lowest BCUT2D eigenvalue weighted by atomic mass is 9.92. The number of hydrogen-bond acceptors (Lipinski definition) is 4. The van der Waals surface area contributed by atoms with E-state index in [0.29, 0.717) is 13.2 Å². The van der Waals surface area contributed by atoms with Crippen molar-refractivity contribution in [2.24, 2.45) is 5.92 Å². The maximum Gasteiger partial charge on any atom is 0.313 e. The number of para-hydroxylation sites is 1. The summed E-state index contributed by atoms with van der Waals surface area (Å²) in [6, 6.07) is 28.2. The third kappa shape index (κ3) is 3.64. The number of carbonyl (C=O) groups excluding carboxylic acids is 1. The standard InChI is InChI=1S/C24H23NO3/c1-2-27-24(26)22-17-28-25(21-11-7-4-8-12-21)23(22)20-15-13-19(14-16-20)18-9-5-3-6-10-18/h3-16,22-23H,2,17H2,1H3. The molecule has 0 aromatic heterocycles. The quantitative estimate of drug-likeness (QED) is 0.588. The number of carbonyl (C=O) groups is 1. The van der Waals surface area contributed by atoms with Crippen LogP contribution in [0.3, 0.4) is 0 Å². The summed E-state index contributed by atoms with van der Waals surface area (Å²) >= 11 is 0. The molecule has 0 amide bonds. The van der Waals surface area contributed by atoms with Gasteiger partial charge in [-0.2, -0.15) is 0 Å². The first kappa shape index (κ1) is 18.3. The second kappa shape index (κ2) is 8.28. The van der Waals surface area contributed by atoms with Gasteiger partial charge in [0.05, 0.1) is 24.9 Å². The first-order valence-corrected chi connectivity index (χ1v) is 9.57. The highest BCUT2D eigenvalue weighted by Gasteiger charge is 2.42. The Morgan fingerprint density at radius 1 is 0.929 bits per heavy atom. The molecule has 1 fully saturated rings. The van der Waals surface area contributed by atoms with Crippen LogP contribution in [0.2, 0.25) is 0 Å². The Labute approximate surface area is 165 Å². The lowest BCUT2D eigenvalue weighted by Gasteiger charge is -2.27. The number of anilines is 1. The van der Waals surface area contributed by atoms with E-state index >= 15 is 0 Å². The van der Waals surface area contributed by atoms with Crippen molar-refractivity contribution in [1.82, 2.24) is 0 Å². The lowest BCUT2D eigenvalue weighted by molar-refractivity contribution is -0.148. The summed E-state index contributed by atoms with van der Waals surface area (Å²) in [7, 11) is 0. The van der Waals surface area contributed by atoms with E-state index in [-0.39, 0.29) is 17.9 Å². The number of hydrogen-bond donors (Lipinski definition) is 0. The molecule has 1 heterocycles. The summed E-state index contributed by atoms with van der Waals surface area (Å²) in [6.07, 6.45) is 0. The van der Waals surface area contributed by atoms with Crippen LogP contribution in [0.1, 0.15) is 18.5 Å². The van der Waals surface area contributed by atoms with Crippen molar-refractivity contribution in [1.29, 1.82) is 0 Å². The maximum absolute atomic E-state index is 12.6. The number of nitrogens with zero attached hydrogens (tertiary/aromatic N) is 1. The molecule has 0 radical (unpaired) electrons. The van der Waals surface area contributed by atoms with E-state index in [1.165, 1.54) is 5.56 Å². The lowest BCUT2D eigenvalue weighted by Crippen LogP contribution is -2.29. The van der Waals surface area contributed by atoms with Crippen molar-refractivity contribution in [3.8, 4) is 11.1 Å². The van der Waals surface area contributed by atoms with Gasteiger partial charge in [-0.1, -0.05) is 72.8 Å². The molecule has 3 aromatic rings. The Balaban J connectivity index is 1.68. The summed E-state index contributed by atoms with van der Waals surface area (Å²) in [4.78, 5) is 18.5. The fourth-order valence-corrected chi connectivity index (χ4v) is 3.62. The first-order valence-electron chi connectivity index (χ1n) is 9.57. The fourth-order valence-electron chi connectivity index (χ4n) is 3.62. The highest BCUT2D eigenvalue weighted by Crippen LogP contribution is 2.40. The average Bonchev–Trinajstić information content (AvgIpc) is 3.21. The van der Waals surface area contributed by atoms with Crippen LogP contribution in [-0.2, 0) is 14.4 Å². The fraction of sp³-hybridized carbons (Fsp3) is 0.208. The van der Waals surface area contributed by atoms with Crippen LogP contribution in [0.4, 0.5) is 5.69 Å². The molecule has 0 aliphatic carbocycles. The Morgan fingerprint density at radius 2 is 1.54 bits per heavy atom. The Hall–Kier alpha value is -3.11. The van der Waals surface area contributed by atoms with Gasteiger partial charge in [-0.15, -0.1) is 0 Å². The van der Waals surface area contributed by atoms with E-state index in [4.69, 9.17) is 9.57 Å². The third-order valence-electron chi connectivity index (χ3n) is 4.99. The number of hydroxylamine groups is 1.